The number of carboxylic acids is 1. The summed E-state index contributed by atoms with van der Waals surface area (Å²) < 4.78 is 1.56. The molecule has 0 saturated carbocycles. The monoisotopic (exact) mass is 311 g/mol. The van der Waals surface area contributed by atoms with E-state index in [2.05, 4.69) is 10.3 Å². The Labute approximate surface area is 130 Å². The molecule has 3 N–H and O–H groups in total. The fourth-order valence-corrected chi connectivity index (χ4v) is 2.15. The van der Waals surface area contributed by atoms with Crippen LogP contribution in [0, 0.1) is 0 Å². The van der Waals surface area contributed by atoms with Gasteiger partial charge in [0.1, 0.15) is 5.69 Å². The summed E-state index contributed by atoms with van der Waals surface area (Å²) in [5.74, 6) is -1.38. The van der Waals surface area contributed by atoms with Crippen molar-refractivity contribution in [1.82, 2.24) is 14.7 Å². The van der Waals surface area contributed by atoms with Gasteiger partial charge in [0.25, 0.3) is 5.91 Å². The van der Waals surface area contributed by atoms with Crippen LogP contribution in [-0.4, -0.2) is 31.5 Å². The summed E-state index contributed by atoms with van der Waals surface area (Å²) in [5, 5.41) is 21.2. The first-order chi connectivity index (χ1) is 11.0. The lowest BCUT2D eigenvalue weighted by Crippen LogP contribution is -2.23. The number of nitrogens with zero attached hydrogens (tertiary/aromatic N) is 2. The van der Waals surface area contributed by atoms with Gasteiger partial charge < -0.3 is 19.9 Å². The standard InChI is InChI=1S/C16H13N3O4/c20-13-2-1-7-19-9-12(18-14(13)19)15(21)17-8-10-3-5-11(6-4-10)16(22)23/h1-7,9,20H,8H2,(H,17,21)(H,22,23). The zero-order chi connectivity index (χ0) is 16.4. The predicted octanol–water partition coefficient (Wildman–Crippen LogP) is 1.67. The molecule has 0 aliphatic heterocycles. The number of benzene rings is 1. The number of pyridine rings is 1. The Morgan fingerprint density at radius 1 is 1.17 bits per heavy atom. The van der Waals surface area contributed by atoms with Crippen molar-refractivity contribution in [1.29, 1.82) is 0 Å². The second-order valence-electron chi connectivity index (χ2n) is 4.94. The zero-order valence-corrected chi connectivity index (χ0v) is 11.9. The number of rotatable bonds is 4. The van der Waals surface area contributed by atoms with Crippen LogP contribution in [0.5, 0.6) is 5.75 Å². The lowest BCUT2D eigenvalue weighted by molar-refractivity contribution is 0.0696. The van der Waals surface area contributed by atoms with Gasteiger partial charge in [-0.3, -0.25) is 4.79 Å². The van der Waals surface area contributed by atoms with E-state index in [0.717, 1.165) is 5.56 Å². The molecule has 1 aromatic carbocycles. The van der Waals surface area contributed by atoms with Gasteiger partial charge in [-0.15, -0.1) is 0 Å². The van der Waals surface area contributed by atoms with Crippen LogP contribution >= 0.6 is 0 Å². The maximum absolute atomic E-state index is 12.1. The average molecular weight is 311 g/mol. The number of hydrogen-bond donors (Lipinski definition) is 3. The highest BCUT2D eigenvalue weighted by molar-refractivity contribution is 5.93. The third-order valence-corrected chi connectivity index (χ3v) is 3.35. The number of fused-ring (bicyclic) bond motifs is 1. The number of aromatic carboxylic acids is 1. The van der Waals surface area contributed by atoms with Crippen molar-refractivity contribution in [2.24, 2.45) is 0 Å². The first kappa shape index (κ1) is 14.6. The number of amides is 1. The summed E-state index contributed by atoms with van der Waals surface area (Å²) in [7, 11) is 0. The molecular formula is C16H13N3O4. The third kappa shape index (κ3) is 2.98. The van der Waals surface area contributed by atoms with Crippen LogP contribution in [0.2, 0.25) is 0 Å². The topological polar surface area (TPSA) is 104 Å². The number of aromatic nitrogens is 2. The molecule has 0 unspecified atom stereocenters. The molecule has 0 fully saturated rings. The summed E-state index contributed by atoms with van der Waals surface area (Å²) in [6, 6.07) is 9.38. The molecule has 0 bridgehead atoms. The van der Waals surface area contributed by atoms with Crippen LogP contribution in [0.1, 0.15) is 26.4 Å². The highest BCUT2D eigenvalue weighted by Gasteiger charge is 2.12. The van der Waals surface area contributed by atoms with Crippen molar-refractivity contribution in [2.45, 2.75) is 6.54 Å². The van der Waals surface area contributed by atoms with E-state index >= 15 is 0 Å². The minimum Gasteiger partial charge on any atom is -0.504 e. The molecule has 7 nitrogen and oxygen atoms in total. The van der Waals surface area contributed by atoms with E-state index in [9.17, 15) is 14.7 Å². The summed E-state index contributed by atoms with van der Waals surface area (Å²) in [5.41, 5.74) is 1.46. The third-order valence-electron chi connectivity index (χ3n) is 3.35. The zero-order valence-electron chi connectivity index (χ0n) is 11.9. The lowest BCUT2D eigenvalue weighted by Gasteiger charge is -2.03. The molecule has 0 spiro atoms. The molecule has 0 aliphatic rings. The summed E-state index contributed by atoms with van der Waals surface area (Å²) >= 11 is 0. The van der Waals surface area contributed by atoms with Gasteiger partial charge in [-0.25, -0.2) is 9.78 Å². The van der Waals surface area contributed by atoms with Gasteiger partial charge in [0.15, 0.2) is 11.4 Å². The summed E-state index contributed by atoms with van der Waals surface area (Å²) in [6.07, 6.45) is 3.21. The van der Waals surface area contributed by atoms with Gasteiger partial charge in [0.2, 0.25) is 0 Å². The normalized spacial score (nSPS) is 10.6. The average Bonchev–Trinajstić information content (AvgIpc) is 2.99. The molecular weight excluding hydrogens is 298 g/mol. The SMILES string of the molecule is O=C(O)c1ccc(CNC(=O)c2cn3cccc(O)c3n2)cc1. The number of carbonyl (C=O) groups excluding carboxylic acids is 1. The Balaban J connectivity index is 1.70. The van der Waals surface area contributed by atoms with Crippen molar-refractivity contribution in [3.05, 3.63) is 65.6 Å². The number of hydrogen-bond acceptors (Lipinski definition) is 4. The minimum atomic E-state index is -0.995. The fraction of sp³-hybridized carbons (Fsp3) is 0.0625. The largest absolute Gasteiger partial charge is 0.504 e. The number of nitrogens with one attached hydrogen (secondary N) is 1. The van der Waals surface area contributed by atoms with Gasteiger partial charge >= 0.3 is 5.97 Å². The van der Waals surface area contributed by atoms with Gasteiger partial charge in [0, 0.05) is 18.9 Å². The highest BCUT2D eigenvalue weighted by Crippen LogP contribution is 2.16. The molecule has 0 aliphatic carbocycles. The van der Waals surface area contributed by atoms with Gasteiger partial charge in [0.05, 0.1) is 5.56 Å². The van der Waals surface area contributed by atoms with E-state index in [1.165, 1.54) is 24.4 Å². The maximum atomic E-state index is 12.1. The molecule has 3 rings (SSSR count). The van der Waals surface area contributed by atoms with Crippen molar-refractivity contribution in [3.63, 3.8) is 0 Å². The number of aromatic hydroxyl groups is 1. The number of imidazole rings is 1. The van der Waals surface area contributed by atoms with Crippen LogP contribution in [0.3, 0.4) is 0 Å². The second-order valence-corrected chi connectivity index (χ2v) is 4.94. The van der Waals surface area contributed by atoms with E-state index in [1.807, 2.05) is 0 Å². The minimum absolute atomic E-state index is 0.00388. The Morgan fingerprint density at radius 3 is 2.57 bits per heavy atom. The Bertz CT molecular complexity index is 884. The molecule has 1 amide bonds. The molecule has 116 valence electrons. The maximum Gasteiger partial charge on any atom is 0.335 e. The number of carbonyl (C=O) groups is 2. The lowest BCUT2D eigenvalue weighted by atomic mass is 10.1. The van der Waals surface area contributed by atoms with E-state index < -0.39 is 5.97 Å². The highest BCUT2D eigenvalue weighted by atomic mass is 16.4. The first-order valence-corrected chi connectivity index (χ1v) is 6.82. The van der Waals surface area contributed by atoms with Crippen LogP contribution in [0.4, 0.5) is 0 Å². The fourth-order valence-electron chi connectivity index (χ4n) is 2.15. The predicted molar refractivity (Wildman–Crippen MR) is 81.4 cm³/mol. The van der Waals surface area contributed by atoms with E-state index in [-0.39, 0.29) is 29.5 Å². The van der Waals surface area contributed by atoms with Gasteiger partial charge in [-0.1, -0.05) is 12.1 Å². The number of carboxylic acid groups (broad SMARTS) is 1. The van der Waals surface area contributed by atoms with Crippen LogP contribution in [0.25, 0.3) is 5.65 Å². The van der Waals surface area contributed by atoms with Crippen LogP contribution in [-0.2, 0) is 6.54 Å². The summed E-state index contributed by atoms with van der Waals surface area (Å²) in [6.45, 7) is 0.249. The molecule has 3 aromatic rings. The molecule has 0 saturated heterocycles. The molecule has 7 heteroatoms. The van der Waals surface area contributed by atoms with E-state index in [4.69, 9.17) is 5.11 Å². The first-order valence-electron chi connectivity index (χ1n) is 6.82. The van der Waals surface area contributed by atoms with Gasteiger partial charge in [-0.05, 0) is 29.8 Å². The van der Waals surface area contributed by atoms with Gasteiger partial charge in [-0.2, -0.15) is 0 Å². The quantitative estimate of drug-likeness (QED) is 0.680. The van der Waals surface area contributed by atoms with E-state index in [1.54, 1.807) is 28.8 Å². The van der Waals surface area contributed by atoms with Crippen molar-refractivity contribution < 1.29 is 19.8 Å². The van der Waals surface area contributed by atoms with E-state index in [0.29, 0.717) is 5.65 Å². The van der Waals surface area contributed by atoms with Crippen molar-refractivity contribution in [3.8, 4) is 5.75 Å². The molecule has 2 aromatic heterocycles. The summed E-state index contributed by atoms with van der Waals surface area (Å²) in [4.78, 5) is 27.0. The molecule has 23 heavy (non-hydrogen) atoms. The molecule has 2 heterocycles. The van der Waals surface area contributed by atoms with Crippen LogP contribution in [0.15, 0.2) is 48.8 Å². The molecule has 0 radical (unpaired) electrons. The smallest absolute Gasteiger partial charge is 0.335 e. The Hall–Kier alpha value is -3.35. The van der Waals surface area contributed by atoms with Crippen LogP contribution < -0.4 is 5.32 Å². The second kappa shape index (κ2) is 5.80. The van der Waals surface area contributed by atoms with Crippen molar-refractivity contribution >= 4 is 17.5 Å². The Morgan fingerprint density at radius 2 is 1.91 bits per heavy atom. The Kier molecular flexibility index (Phi) is 3.68. The van der Waals surface area contributed by atoms with Crippen molar-refractivity contribution in [2.75, 3.05) is 0 Å². The molecule has 0 atom stereocenters.